The molecule has 0 amide bonds. The third-order valence-electron chi connectivity index (χ3n) is 2.51. The second-order valence-corrected chi connectivity index (χ2v) is 4.62. The molecule has 3 heteroatoms. The van der Waals surface area contributed by atoms with Gasteiger partial charge in [-0.3, -0.25) is 4.68 Å². The Balaban J connectivity index is 3.20. The lowest BCUT2D eigenvalue weighted by molar-refractivity contribution is 0.444. The van der Waals surface area contributed by atoms with Gasteiger partial charge in [0.15, 0.2) is 5.75 Å². The van der Waals surface area contributed by atoms with E-state index in [1.165, 1.54) is 0 Å². The summed E-state index contributed by atoms with van der Waals surface area (Å²) in [6, 6.07) is 0.305. The molecule has 0 aliphatic rings. The predicted molar refractivity (Wildman–Crippen MR) is 62.4 cm³/mol. The van der Waals surface area contributed by atoms with E-state index in [1.54, 1.807) is 0 Å². The van der Waals surface area contributed by atoms with Gasteiger partial charge in [0.1, 0.15) is 5.69 Å². The van der Waals surface area contributed by atoms with Crippen molar-refractivity contribution in [3.8, 4) is 5.75 Å². The molecule has 1 N–H and O–H groups in total. The Morgan fingerprint density at radius 2 is 1.87 bits per heavy atom. The van der Waals surface area contributed by atoms with Crippen LogP contribution in [0.3, 0.4) is 0 Å². The van der Waals surface area contributed by atoms with E-state index in [2.05, 4.69) is 39.7 Å². The molecule has 86 valence electrons. The predicted octanol–water partition coefficient (Wildman–Crippen LogP) is 3.25. The lowest BCUT2D eigenvalue weighted by Gasteiger charge is -2.13. The summed E-state index contributed by atoms with van der Waals surface area (Å²) in [5.41, 5.74) is 1.81. The molecule has 0 saturated heterocycles. The van der Waals surface area contributed by atoms with Crippen molar-refractivity contribution in [1.82, 2.24) is 9.78 Å². The maximum Gasteiger partial charge on any atom is 0.160 e. The minimum Gasteiger partial charge on any atom is -0.504 e. The Morgan fingerprint density at radius 3 is 2.20 bits per heavy atom. The summed E-state index contributed by atoms with van der Waals surface area (Å²) in [6.07, 6.45) is 1.87. The normalized spacial score (nSPS) is 11.7. The molecular weight excluding hydrogens is 188 g/mol. The monoisotopic (exact) mass is 210 g/mol. The second kappa shape index (κ2) is 4.69. The fourth-order valence-corrected chi connectivity index (χ4v) is 1.82. The number of hydrogen-bond donors (Lipinski definition) is 1. The second-order valence-electron chi connectivity index (χ2n) is 4.62. The minimum absolute atomic E-state index is 0.305. The number of hydrogen-bond acceptors (Lipinski definition) is 2. The first-order valence-electron chi connectivity index (χ1n) is 5.79. The van der Waals surface area contributed by atoms with Gasteiger partial charge in [0.25, 0.3) is 0 Å². The summed E-state index contributed by atoms with van der Waals surface area (Å²) in [6.45, 7) is 10.5. The maximum atomic E-state index is 10.1. The summed E-state index contributed by atoms with van der Waals surface area (Å²) in [5.74, 6) is 0.714. The Labute approximate surface area is 92.1 Å². The minimum atomic E-state index is 0.305. The van der Waals surface area contributed by atoms with E-state index in [0.29, 0.717) is 17.7 Å². The molecule has 1 aromatic rings. The van der Waals surface area contributed by atoms with Gasteiger partial charge in [0, 0.05) is 6.04 Å². The summed E-state index contributed by atoms with van der Waals surface area (Å²) < 4.78 is 1.95. The summed E-state index contributed by atoms with van der Waals surface area (Å²) in [4.78, 5) is 0. The fraction of sp³-hybridized carbons (Fsp3) is 0.750. The zero-order valence-corrected chi connectivity index (χ0v) is 10.4. The van der Waals surface area contributed by atoms with Crippen LogP contribution in [0.15, 0.2) is 0 Å². The molecule has 3 nitrogen and oxygen atoms in total. The third kappa shape index (κ3) is 2.33. The molecule has 0 atom stereocenters. The lowest BCUT2D eigenvalue weighted by Crippen LogP contribution is -2.08. The molecule has 1 rings (SSSR count). The largest absolute Gasteiger partial charge is 0.504 e. The molecule has 0 radical (unpaired) electrons. The molecule has 0 aliphatic carbocycles. The standard InChI is InChI=1S/C12H22N2O/c1-6-7-10-12(15)11(8(2)3)14(13-10)9(4)5/h8-9,15H,6-7H2,1-5H3. The molecule has 1 aromatic heterocycles. The zero-order chi connectivity index (χ0) is 11.6. The molecular formula is C12H22N2O. The number of aromatic hydroxyl groups is 1. The van der Waals surface area contributed by atoms with Crippen molar-refractivity contribution in [3.05, 3.63) is 11.4 Å². The van der Waals surface area contributed by atoms with Crippen molar-refractivity contribution < 1.29 is 5.11 Å². The van der Waals surface area contributed by atoms with Gasteiger partial charge in [0.05, 0.1) is 5.69 Å². The number of nitrogens with zero attached hydrogens (tertiary/aromatic N) is 2. The average molecular weight is 210 g/mol. The Bertz CT molecular complexity index is 327. The maximum absolute atomic E-state index is 10.1. The Kier molecular flexibility index (Phi) is 3.77. The highest BCUT2D eigenvalue weighted by Gasteiger charge is 2.20. The van der Waals surface area contributed by atoms with Gasteiger partial charge in [-0.2, -0.15) is 5.10 Å². The Hall–Kier alpha value is -0.990. The highest BCUT2D eigenvalue weighted by molar-refractivity contribution is 5.34. The highest BCUT2D eigenvalue weighted by atomic mass is 16.3. The molecule has 1 heterocycles. The summed E-state index contributed by atoms with van der Waals surface area (Å²) >= 11 is 0. The van der Waals surface area contributed by atoms with Gasteiger partial charge < -0.3 is 5.11 Å². The van der Waals surface area contributed by atoms with E-state index in [-0.39, 0.29) is 0 Å². The highest BCUT2D eigenvalue weighted by Crippen LogP contribution is 2.31. The summed E-state index contributed by atoms with van der Waals surface area (Å²) in [7, 11) is 0. The molecule has 0 bridgehead atoms. The Morgan fingerprint density at radius 1 is 1.27 bits per heavy atom. The number of rotatable bonds is 4. The lowest BCUT2D eigenvalue weighted by atomic mass is 10.1. The fourth-order valence-electron chi connectivity index (χ4n) is 1.82. The van der Waals surface area contributed by atoms with Gasteiger partial charge in [-0.15, -0.1) is 0 Å². The van der Waals surface area contributed by atoms with E-state index >= 15 is 0 Å². The van der Waals surface area contributed by atoms with Gasteiger partial charge in [0.2, 0.25) is 0 Å². The van der Waals surface area contributed by atoms with E-state index < -0.39 is 0 Å². The van der Waals surface area contributed by atoms with Crippen LogP contribution in [0.2, 0.25) is 0 Å². The summed E-state index contributed by atoms with van der Waals surface area (Å²) in [5, 5.41) is 14.6. The van der Waals surface area contributed by atoms with Crippen molar-refractivity contribution in [1.29, 1.82) is 0 Å². The van der Waals surface area contributed by atoms with Crippen LogP contribution in [-0.2, 0) is 6.42 Å². The molecule has 0 saturated carbocycles. The van der Waals surface area contributed by atoms with Crippen molar-refractivity contribution in [2.45, 2.75) is 59.4 Å². The first-order chi connectivity index (χ1) is 6.99. The van der Waals surface area contributed by atoms with Crippen LogP contribution in [0.5, 0.6) is 5.75 Å². The van der Waals surface area contributed by atoms with Crippen molar-refractivity contribution >= 4 is 0 Å². The van der Waals surface area contributed by atoms with Crippen LogP contribution in [0.25, 0.3) is 0 Å². The van der Waals surface area contributed by atoms with Gasteiger partial charge in [-0.25, -0.2) is 0 Å². The number of aromatic nitrogens is 2. The van der Waals surface area contributed by atoms with Gasteiger partial charge >= 0.3 is 0 Å². The smallest absolute Gasteiger partial charge is 0.160 e. The van der Waals surface area contributed by atoms with Crippen molar-refractivity contribution in [2.24, 2.45) is 0 Å². The average Bonchev–Trinajstić information content (AvgIpc) is 2.44. The van der Waals surface area contributed by atoms with Crippen molar-refractivity contribution in [3.63, 3.8) is 0 Å². The van der Waals surface area contributed by atoms with Gasteiger partial charge in [-0.1, -0.05) is 27.2 Å². The number of aryl methyl sites for hydroxylation is 1. The van der Waals surface area contributed by atoms with E-state index in [0.717, 1.165) is 24.2 Å². The molecule has 0 aromatic carbocycles. The van der Waals surface area contributed by atoms with E-state index in [9.17, 15) is 5.11 Å². The SMILES string of the molecule is CCCc1nn(C(C)C)c(C(C)C)c1O. The van der Waals surface area contributed by atoms with Crippen LogP contribution >= 0.6 is 0 Å². The van der Waals surface area contributed by atoms with E-state index in [4.69, 9.17) is 0 Å². The molecule has 0 spiro atoms. The molecule has 0 unspecified atom stereocenters. The van der Waals surface area contributed by atoms with E-state index in [1.807, 2.05) is 4.68 Å². The van der Waals surface area contributed by atoms with Crippen LogP contribution < -0.4 is 0 Å². The molecule has 15 heavy (non-hydrogen) atoms. The zero-order valence-electron chi connectivity index (χ0n) is 10.4. The van der Waals surface area contributed by atoms with Crippen LogP contribution in [0.4, 0.5) is 0 Å². The first kappa shape index (κ1) is 12.1. The van der Waals surface area contributed by atoms with Crippen LogP contribution in [0, 0.1) is 0 Å². The van der Waals surface area contributed by atoms with Gasteiger partial charge in [-0.05, 0) is 26.2 Å². The molecule has 0 aliphatic heterocycles. The third-order valence-corrected chi connectivity index (χ3v) is 2.51. The van der Waals surface area contributed by atoms with Crippen molar-refractivity contribution in [2.75, 3.05) is 0 Å². The van der Waals surface area contributed by atoms with Crippen LogP contribution in [0.1, 0.15) is 64.4 Å². The molecule has 0 fully saturated rings. The topological polar surface area (TPSA) is 38.0 Å². The quantitative estimate of drug-likeness (QED) is 0.828. The van der Waals surface area contributed by atoms with Crippen LogP contribution in [-0.4, -0.2) is 14.9 Å². The first-order valence-corrected chi connectivity index (χ1v) is 5.79.